The average Bonchev–Trinajstić information content (AvgIpc) is 3.13. The Labute approximate surface area is 157 Å². The number of carboxylic acids is 1. The third kappa shape index (κ3) is 4.38. The van der Waals surface area contributed by atoms with E-state index in [4.69, 9.17) is 5.11 Å². The van der Waals surface area contributed by atoms with Gasteiger partial charge in [0.25, 0.3) is 5.91 Å². The summed E-state index contributed by atoms with van der Waals surface area (Å²) in [7, 11) is 0. The fourth-order valence-electron chi connectivity index (χ4n) is 2.62. The number of hydrogen-bond acceptors (Lipinski definition) is 4. The summed E-state index contributed by atoms with van der Waals surface area (Å²) in [6, 6.07) is 10.4. The second kappa shape index (κ2) is 8.76. The van der Waals surface area contributed by atoms with Crippen LogP contribution in [0, 0.1) is 5.92 Å². The summed E-state index contributed by atoms with van der Waals surface area (Å²) in [5.74, 6) is -2.13. The molecule has 5 nitrogen and oxygen atoms in total. The van der Waals surface area contributed by atoms with E-state index in [-0.39, 0.29) is 18.2 Å². The molecule has 0 fully saturated rings. The van der Waals surface area contributed by atoms with Gasteiger partial charge in [0.15, 0.2) is 0 Å². The van der Waals surface area contributed by atoms with Crippen molar-refractivity contribution in [2.75, 3.05) is 13.1 Å². The molecule has 0 bridgehead atoms. The number of aryl methyl sites for hydroxylation is 1. The quantitative estimate of drug-likeness (QED) is 0.716. The van der Waals surface area contributed by atoms with Gasteiger partial charge in [0.05, 0.1) is 16.4 Å². The van der Waals surface area contributed by atoms with Gasteiger partial charge in [-0.05, 0) is 31.5 Å². The minimum absolute atomic E-state index is 0.103. The number of carbonyl (C=O) groups excluding carboxylic acids is 2. The molecule has 0 radical (unpaired) electrons. The van der Waals surface area contributed by atoms with Crippen LogP contribution in [0.4, 0.5) is 0 Å². The zero-order chi connectivity index (χ0) is 19.3. The monoisotopic (exact) mass is 373 g/mol. The first-order valence-electron chi connectivity index (χ1n) is 8.63. The molecule has 2 rings (SSSR count). The Morgan fingerprint density at radius 1 is 1.08 bits per heavy atom. The number of carboxylic acid groups (broad SMARTS) is 1. The predicted octanol–water partition coefficient (Wildman–Crippen LogP) is 3.72. The van der Waals surface area contributed by atoms with Crippen molar-refractivity contribution in [1.29, 1.82) is 0 Å². The zero-order valence-corrected chi connectivity index (χ0v) is 16.0. The number of thiophene rings is 1. The van der Waals surface area contributed by atoms with Gasteiger partial charge in [-0.15, -0.1) is 11.3 Å². The van der Waals surface area contributed by atoms with Crippen LogP contribution in [0.2, 0.25) is 0 Å². The predicted molar refractivity (Wildman–Crippen MR) is 102 cm³/mol. The van der Waals surface area contributed by atoms with Gasteiger partial charge in [0.1, 0.15) is 0 Å². The fraction of sp³-hybridized carbons (Fsp3) is 0.350. The SMILES string of the molecule is CCc1ccc(C(=O)c2ccccc2C(=O)N(CC)C[C@H](C)C(=O)O)s1. The number of nitrogens with zero attached hydrogens (tertiary/aromatic N) is 1. The Bertz CT molecular complexity index is 812. The third-order valence-corrected chi connectivity index (χ3v) is 5.45. The van der Waals surface area contributed by atoms with Crippen molar-refractivity contribution in [3.63, 3.8) is 0 Å². The minimum Gasteiger partial charge on any atom is -0.481 e. The molecule has 1 N–H and O–H groups in total. The molecule has 26 heavy (non-hydrogen) atoms. The van der Waals surface area contributed by atoms with Gasteiger partial charge >= 0.3 is 5.97 Å². The van der Waals surface area contributed by atoms with Gasteiger partial charge in [-0.2, -0.15) is 0 Å². The molecule has 0 aliphatic carbocycles. The molecule has 0 saturated heterocycles. The van der Waals surface area contributed by atoms with E-state index in [1.54, 1.807) is 44.2 Å². The zero-order valence-electron chi connectivity index (χ0n) is 15.2. The highest BCUT2D eigenvalue weighted by molar-refractivity contribution is 7.14. The van der Waals surface area contributed by atoms with E-state index < -0.39 is 11.9 Å². The van der Waals surface area contributed by atoms with E-state index in [1.807, 2.05) is 13.0 Å². The Morgan fingerprint density at radius 2 is 1.73 bits per heavy atom. The summed E-state index contributed by atoms with van der Waals surface area (Å²) in [6.45, 7) is 5.86. The highest BCUT2D eigenvalue weighted by Gasteiger charge is 2.25. The van der Waals surface area contributed by atoms with E-state index in [9.17, 15) is 14.4 Å². The lowest BCUT2D eigenvalue weighted by Crippen LogP contribution is -2.37. The normalized spacial score (nSPS) is 11.8. The van der Waals surface area contributed by atoms with Gasteiger partial charge in [0, 0.05) is 23.5 Å². The number of hydrogen-bond donors (Lipinski definition) is 1. The van der Waals surface area contributed by atoms with Crippen molar-refractivity contribution in [2.45, 2.75) is 27.2 Å². The number of aliphatic carboxylic acids is 1. The highest BCUT2D eigenvalue weighted by atomic mass is 32.1. The van der Waals surface area contributed by atoms with E-state index in [0.29, 0.717) is 22.5 Å². The van der Waals surface area contributed by atoms with E-state index in [1.165, 1.54) is 16.2 Å². The number of amides is 1. The molecule has 0 aliphatic heterocycles. The molecule has 1 atom stereocenters. The van der Waals surface area contributed by atoms with Crippen molar-refractivity contribution >= 4 is 29.0 Å². The molecule has 1 aromatic carbocycles. The molecular weight excluding hydrogens is 350 g/mol. The largest absolute Gasteiger partial charge is 0.481 e. The molecule has 1 amide bonds. The summed E-state index contributed by atoms with van der Waals surface area (Å²) < 4.78 is 0. The first-order valence-corrected chi connectivity index (χ1v) is 9.45. The molecule has 138 valence electrons. The van der Waals surface area contributed by atoms with E-state index in [0.717, 1.165) is 11.3 Å². The smallest absolute Gasteiger partial charge is 0.308 e. The number of rotatable bonds is 8. The molecular formula is C20H23NO4S. The highest BCUT2D eigenvalue weighted by Crippen LogP contribution is 2.23. The van der Waals surface area contributed by atoms with Gasteiger partial charge in [-0.3, -0.25) is 14.4 Å². The first kappa shape index (κ1) is 19.8. The van der Waals surface area contributed by atoms with E-state index in [2.05, 4.69) is 0 Å². The lowest BCUT2D eigenvalue weighted by Gasteiger charge is -2.23. The Morgan fingerprint density at radius 3 is 2.27 bits per heavy atom. The lowest BCUT2D eigenvalue weighted by atomic mass is 10.0. The van der Waals surface area contributed by atoms with Crippen molar-refractivity contribution in [1.82, 2.24) is 4.90 Å². The molecule has 1 aromatic heterocycles. The molecule has 0 aliphatic rings. The van der Waals surface area contributed by atoms with Crippen LogP contribution in [-0.2, 0) is 11.2 Å². The van der Waals surface area contributed by atoms with Crippen molar-refractivity contribution in [2.24, 2.45) is 5.92 Å². The maximum absolute atomic E-state index is 12.9. The van der Waals surface area contributed by atoms with Gasteiger partial charge < -0.3 is 10.0 Å². The molecule has 6 heteroatoms. The van der Waals surface area contributed by atoms with Crippen LogP contribution in [0.3, 0.4) is 0 Å². The maximum atomic E-state index is 12.9. The standard InChI is InChI=1S/C20H23NO4S/c1-4-14-10-11-17(26-14)18(22)15-8-6-7-9-16(15)19(23)21(5-2)12-13(3)20(24)25/h6-11,13H,4-5,12H2,1-3H3,(H,24,25)/t13-/m0/s1. The average molecular weight is 373 g/mol. The van der Waals surface area contributed by atoms with Crippen LogP contribution >= 0.6 is 11.3 Å². The lowest BCUT2D eigenvalue weighted by molar-refractivity contribution is -0.141. The van der Waals surface area contributed by atoms with Crippen LogP contribution in [0.15, 0.2) is 36.4 Å². The van der Waals surface area contributed by atoms with E-state index >= 15 is 0 Å². The number of ketones is 1. The summed E-state index contributed by atoms with van der Waals surface area (Å²) in [5, 5.41) is 9.11. The summed E-state index contributed by atoms with van der Waals surface area (Å²) in [4.78, 5) is 40.1. The van der Waals surface area contributed by atoms with Crippen molar-refractivity contribution in [3.8, 4) is 0 Å². The van der Waals surface area contributed by atoms with Crippen LogP contribution in [-0.4, -0.2) is 40.8 Å². The molecule has 0 unspecified atom stereocenters. The van der Waals surface area contributed by atoms with Crippen LogP contribution in [0.25, 0.3) is 0 Å². The van der Waals surface area contributed by atoms with Crippen LogP contribution in [0.1, 0.15) is 51.2 Å². The van der Waals surface area contributed by atoms with Gasteiger partial charge in [-0.1, -0.05) is 32.0 Å². The molecule has 2 aromatic rings. The molecule has 1 heterocycles. The number of benzene rings is 1. The topological polar surface area (TPSA) is 74.7 Å². The first-order chi connectivity index (χ1) is 12.4. The van der Waals surface area contributed by atoms with Crippen molar-refractivity contribution in [3.05, 3.63) is 57.3 Å². The third-order valence-electron chi connectivity index (χ3n) is 4.22. The maximum Gasteiger partial charge on any atom is 0.308 e. The fourth-order valence-corrected chi connectivity index (χ4v) is 3.53. The Hall–Kier alpha value is -2.47. The summed E-state index contributed by atoms with van der Waals surface area (Å²) in [6.07, 6.45) is 0.856. The van der Waals surface area contributed by atoms with Gasteiger partial charge in [-0.25, -0.2) is 0 Å². The molecule has 0 spiro atoms. The van der Waals surface area contributed by atoms with Crippen LogP contribution in [0.5, 0.6) is 0 Å². The van der Waals surface area contributed by atoms with Gasteiger partial charge in [0.2, 0.25) is 5.78 Å². The second-order valence-corrected chi connectivity index (χ2v) is 7.25. The van der Waals surface area contributed by atoms with Crippen molar-refractivity contribution < 1.29 is 19.5 Å². The number of carbonyl (C=O) groups is 3. The molecule has 0 saturated carbocycles. The van der Waals surface area contributed by atoms with Crippen LogP contribution < -0.4 is 0 Å². The second-order valence-electron chi connectivity index (χ2n) is 6.08. The summed E-state index contributed by atoms with van der Waals surface area (Å²) in [5.41, 5.74) is 0.659. The Kier molecular flexibility index (Phi) is 6.69. The summed E-state index contributed by atoms with van der Waals surface area (Å²) >= 11 is 1.43. The Balaban J connectivity index is 2.33. The minimum atomic E-state index is -0.953.